The van der Waals surface area contributed by atoms with Gasteiger partial charge >= 0.3 is 6.03 Å². The summed E-state index contributed by atoms with van der Waals surface area (Å²) in [5.41, 5.74) is 2.89. The Morgan fingerprint density at radius 1 is 1.07 bits per heavy atom. The largest absolute Gasteiger partial charge is 0.389 e. The summed E-state index contributed by atoms with van der Waals surface area (Å²) < 4.78 is 15.4. The van der Waals surface area contributed by atoms with E-state index in [2.05, 4.69) is 11.0 Å². The Kier molecular flexibility index (Phi) is 6.79. The molecule has 10 nitrogen and oxygen atoms in total. The summed E-state index contributed by atoms with van der Waals surface area (Å²) in [6, 6.07) is 14.2. The van der Waals surface area contributed by atoms with Gasteiger partial charge in [-0.05, 0) is 55.3 Å². The van der Waals surface area contributed by atoms with Gasteiger partial charge < -0.3 is 29.3 Å². The molecule has 220 valence electrons. The van der Waals surface area contributed by atoms with Crippen molar-refractivity contribution in [2.24, 2.45) is 0 Å². The second kappa shape index (κ2) is 10.7. The molecule has 4 heterocycles. The van der Waals surface area contributed by atoms with Gasteiger partial charge in [0.05, 0.1) is 24.9 Å². The zero-order valence-corrected chi connectivity index (χ0v) is 24.4. The third-order valence-electron chi connectivity index (χ3n) is 8.48. The number of amides is 2. The molecule has 7 rings (SSSR count). The number of rotatable bonds is 5. The minimum absolute atomic E-state index is 0.0304. The maximum absolute atomic E-state index is 13.6. The molecule has 4 aromatic rings. The molecular weight excluding hydrogens is 569 g/mol. The highest BCUT2D eigenvalue weighted by molar-refractivity contribution is 7.16. The number of aliphatic hydroxyl groups is 1. The molecule has 2 aliphatic heterocycles. The summed E-state index contributed by atoms with van der Waals surface area (Å²) >= 11 is 1.25. The van der Waals surface area contributed by atoms with Gasteiger partial charge in [-0.15, -0.1) is 0 Å². The Balaban J connectivity index is 1.22. The maximum atomic E-state index is 13.6. The highest BCUT2D eigenvalue weighted by atomic mass is 32.1. The van der Waals surface area contributed by atoms with Gasteiger partial charge in [-0.1, -0.05) is 11.3 Å². The van der Waals surface area contributed by atoms with E-state index in [0.29, 0.717) is 65.9 Å². The minimum atomic E-state index is -0.426. The van der Waals surface area contributed by atoms with Crippen molar-refractivity contribution < 1.29 is 14.3 Å². The number of fused-ring (bicyclic) bond motifs is 1. The quantitative estimate of drug-likeness (QED) is 0.367. The zero-order valence-electron chi connectivity index (χ0n) is 23.6. The molecule has 0 bridgehead atoms. The summed E-state index contributed by atoms with van der Waals surface area (Å²) in [4.78, 5) is 39.1. The molecule has 12 heteroatoms. The normalized spacial score (nSPS) is 17.2. The van der Waals surface area contributed by atoms with Gasteiger partial charge in [0.25, 0.3) is 5.56 Å². The lowest BCUT2D eigenvalue weighted by atomic mass is 10.1. The lowest BCUT2D eigenvalue weighted by Crippen LogP contribution is -2.60. The van der Waals surface area contributed by atoms with Gasteiger partial charge in [-0.2, -0.15) is 5.26 Å². The van der Waals surface area contributed by atoms with Crippen LogP contribution in [-0.2, 0) is 0 Å². The van der Waals surface area contributed by atoms with Crippen LogP contribution >= 0.6 is 11.3 Å². The third-order valence-corrected chi connectivity index (χ3v) is 9.51. The molecule has 1 N–H and O–H groups in total. The molecule has 1 aliphatic carbocycles. The van der Waals surface area contributed by atoms with Crippen molar-refractivity contribution in [3.63, 3.8) is 0 Å². The third kappa shape index (κ3) is 4.98. The highest BCUT2D eigenvalue weighted by Crippen LogP contribution is 2.40. The first-order chi connectivity index (χ1) is 20.8. The van der Waals surface area contributed by atoms with Crippen LogP contribution in [0.1, 0.15) is 23.8 Å². The Labute approximate surface area is 251 Å². The molecular formula is C31H30FN7O3S. The van der Waals surface area contributed by atoms with E-state index in [-0.39, 0.29) is 23.4 Å². The van der Waals surface area contributed by atoms with Gasteiger partial charge in [0, 0.05) is 67.5 Å². The van der Waals surface area contributed by atoms with Crippen molar-refractivity contribution in [1.82, 2.24) is 19.4 Å². The topological polar surface area (TPSA) is 109 Å². The van der Waals surface area contributed by atoms with E-state index < -0.39 is 6.10 Å². The number of nitrogens with zero attached hydrogens (tertiary/aromatic N) is 7. The van der Waals surface area contributed by atoms with Crippen LogP contribution in [-0.4, -0.2) is 82.9 Å². The Bertz CT molecular complexity index is 1810. The molecule has 2 aromatic carbocycles. The number of carbonyl (C=O) groups is 1. The number of benzene rings is 2. The number of piperazine rings is 1. The number of aromatic nitrogens is 2. The zero-order chi connectivity index (χ0) is 29.8. The maximum Gasteiger partial charge on any atom is 0.320 e. The fourth-order valence-corrected chi connectivity index (χ4v) is 6.68. The number of aliphatic hydroxyl groups excluding tert-OH is 1. The van der Waals surface area contributed by atoms with Crippen LogP contribution < -0.4 is 15.4 Å². The number of thiazole rings is 1. The number of carbonyl (C=O) groups excluding carboxylic acids is 1. The molecule has 2 amide bonds. The van der Waals surface area contributed by atoms with E-state index in [0.717, 1.165) is 29.6 Å². The van der Waals surface area contributed by atoms with Gasteiger partial charge in [-0.3, -0.25) is 4.79 Å². The van der Waals surface area contributed by atoms with Crippen LogP contribution in [0, 0.1) is 17.1 Å². The smallest absolute Gasteiger partial charge is 0.320 e. The lowest BCUT2D eigenvalue weighted by molar-refractivity contribution is 0.0145. The number of nitriles is 1. The predicted octanol–water partition coefficient (Wildman–Crippen LogP) is 4.16. The van der Waals surface area contributed by atoms with Crippen molar-refractivity contribution in [1.29, 1.82) is 5.26 Å². The number of halogens is 1. The fourth-order valence-electron chi connectivity index (χ4n) is 5.82. The van der Waals surface area contributed by atoms with E-state index in [1.54, 1.807) is 17.0 Å². The Hall–Kier alpha value is -4.47. The molecule has 1 saturated carbocycles. The van der Waals surface area contributed by atoms with Crippen molar-refractivity contribution in [2.45, 2.75) is 25.0 Å². The second-order valence-corrected chi connectivity index (χ2v) is 12.3. The first-order valence-corrected chi connectivity index (χ1v) is 15.2. The lowest BCUT2D eigenvalue weighted by Gasteiger charge is -2.42. The van der Waals surface area contributed by atoms with E-state index in [4.69, 9.17) is 4.98 Å². The molecule has 0 radical (unpaired) electrons. The molecule has 0 spiro atoms. The summed E-state index contributed by atoms with van der Waals surface area (Å²) in [5.74, 6) is -0.358. The minimum Gasteiger partial charge on any atom is -0.389 e. The van der Waals surface area contributed by atoms with Gasteiger partial charge in [0.15, 0.2) is 5.13 Å². The monoisotopic (exact) mass is 599 g/mol. The van der Waals surface area contributed by atoms with Gasteiger partial charge in [-0.25, -0.2) is 14.2 Å². The molecule has 43 heavy (non-hydrogen) atoms. The van der Waals surface area contributed by atoms with E-state index in [1.807, 2.05) is 45.8 Å². The number of urea groups is 1. The average Bonchev–Trinajstić information content (AvgIpc) is 3.77. The fraction of sp³-hybridized carbons (Fsp3) is 0.355. The molecule has 0 atom stereocenters. The molecule has 0 unspecified atom stereocenters. The number of hydrogen-bond donors (Lipinski definition) is 1. The summed E-state index contributed by atoms with van der Waals surface area (Å²) in [6.07, 6.45) is 3.38. The van der Waals surface area contributed by atoms with Gasteiger partial charge in [0.1, 0.15) is 22.5 Å². The van der Waals surface area contributed by atoms with Gasteiger partial charge in [0.2, 0.25) is 0 Å². The van der Waals surface area contributed by atoms with Crippen LogP contribution in [0.25, 0.3) is 22.0 Å². The summed E-state index contributed by atoms with van der Waals surface area (Å²) in [5, 5.41) is 21.4. The second-order valence-electron chi connectivity index (χ2n) is 11.4. The summed E-state index contributed by atoms with van der Waals surface area (Å²) in [7, 11) is 1.88. The van der Waals surface area contributed by atoms with Crippen LogP contribution in [0.5, 0.6) is 0 Å². The van der Waals surface area contributed by atoms with Crippen LogP contribution in [0.3, 0.4) is 0 Å². The SMILES string of the molecule is CN(c1nc(-c2ccc(F)cc2)c(C#N)s1)c1cn(C2CC2)c(=O)c2ccc(N3CCN(C(=O)N4CC(O)C4)CC3)cc12. The molecule has 3 aliphatic rings. The van der Waals surface area contributed by atoms with Crippen molar-refractivity contribution in [3.05, 3.63) is 69.7 Å². The van der Waals surface area contributed by atoms with E-state index >= 15 is 0 Å². The first-order valence-electron chi connectivity index (χ1n) is 14.4. The number of hydrogen-bond acceptors (Lipinski definition) is 8. The Morgan fingerprint density at radius 3 is 2.44 bits per heavy atom. The van der Waals surface area contributed by atoms with Crippen molar-refractivity contribution in [3.8, 4) is 17.3 Å². The summed E-state index contributed by atoms with van der Waals surface area (Å²) in [6.45, 7) is 3.22. The highest BCUT2D eigenvalue weighted by Gasteiger charge is 2.33. The van der Waals surface area contributed by atoms with Crippen molar-refractivity contribution in [2.75, 3.05) is 56.1 Å². The molecule has 2 saturated heterocycles. The average molecular weight is 600 g/mol. The first kappa shape index (κ1) is 27.4. The molecule has 3 fully saturated rings. The van der Waals surface area contributed by atoms with Crippen LogP contribution in [0.15, 0.2) is 53.5 Å². The van der Waals surface area contributed by atoms with E-state index in [1.165, 1.54) is 23.5 Å². The molecule has 2 aromatic heterocycles. The predicted molar refractivity (Wildman–Crippen MR) is 164 cm³/mol. The van der Waals surface area contributed by atoms with Crippen molar-refractivity contribution >= 4 is 44.6 Å². The number of pyridine rings is 1. The number of anilines is 3. The number of β-amino-alcohol motifs (C(OH)–C–C–N with tert-alkyl or cyclic N) is 1. The van der Waals surface area contributed by atoms with Crippen LogP contribution in [0.2, 0.25) is 0 Å². The Morgan fingerprint density at radius 2 is 1.79 bits per heavy atom. The van der Waals surface area contributed by atoms with E-state index in [9.17, 15) is 24.3 Å². The standard InChI is InChI=1S/C31H30FN7O3S/c1-35(30-34-28(27(15-33)43-30)19-2-4-20(32)5-3-19)26-18-39(21-6-7-21)29(41)24-9-8-22(14-25(24)26)36-10-12-37(13-11-36)31(42)38-16-23(40)17-38/h2-5,8-9,14,18,21,23,40H,6-7,10-13,16-17H2,1H3. The number of likely N-dealkylation sites (tertiary alicyclic amines) is 1. The van der Waals surface area contributed by atoms with Crippen LogP contribution in [0.4, 0.5) is 25.7 Å².